The van der Waals surface area contributed by atoms with Crippen LogP contribution in [-0.2, 0) is 4.79 Å². The number of carboxylic acid groups (broad SMARTS) is 1. The van der Waals surface area contributed by atoms with Crippen molar-refractivity contribution < 1.29 is 9.90 Å². The molecule has 5 heteroatoms. The second kappa shape index (κ2) is 5.63. The highest BCUT2D eigenvalue weighted by Gasteiger charge is 2.19. The summed E-state index contributed by atoms with van der Waals surface area (Å²) >= 11 is 5.02. The summed E-state index contributed by atoms with van der Waals surface area (Å²) in [6, 6.07) is 2.15. The first-order valence-electron chi connectivity index (χ1n) is 4.68. The zero-order valence-electron chi connectivity index (χ0n) is 8.66. The van der Waals surface area contributed by atoms with Gasteiger partial charge in [-0.2, -0.15) is 0 Å². The van der Waals surface area contributed by atoms with Crippen molar-refractivity contribution >= 4 is 33.2 Å². The number of hydrogen-bond donors (Lipinski definition) is 2. The summed E-state index contributed by atoms with van der Waals surface area (Å²) in [6.45, 7) is 1.73. The summed E-state index contributed by atoms with van der Waals surface area (Å²) in [4.78, 5) is 11.9. The Balaban J connectivity index is 2.68. The summed E-state index contributed by atoms with van der Waals surface area (Å²) in [5.41, 5.74) is 0. The number of halogens is 1. The molecule has 0 radical (unpaired) electrons. The van der Waals surface area contributed by atoms with E-state index in [1.54, 1.807) is 18.3 Å². The van der Waals surface area contributed by atoms with Crippen molar-refractivity contribution in [3.8, 4) is 0 Å². The van der Waals surface area contributed by atoms with E-state index in [0.29, 0.717) is 6.42 Å². The van der Waals surface area contributed by atoms with E-state index in [2.05, 4.69) is 21.2 Å². The Labute approximate surface area is 102 Å². The van der Waals surface area contributed by atoms with Gasteiger partial charge in [-0.15, -0.1) is 11.3 Å². The van der Waals surface area contributed by atoms with Crippen molar-refractivity contribution in [1.29, 1.82) is 0 Å². The molecule has 1 aromatic rings. The minimum Gasteiger partial charge on any atom is -0.481 e. The maximum absolute atomic E-state index is 10.8. The molecule has 0 saturated carbocycles. The topological polar surface area (TPSA) is 49.3 Å². The van der Waals surface area contributed by atoms with E-state index in [1.807, 2.05) is 18.5 Å². The van der Waals surface area contributed by atoms with Gasteiger partial charge in [0.25, 0.3) is 0 Å². The molecule has 0 fully saturated rings. The van der Waals surface area contributed by atoms with Gasteiger partial charge in [0.05, 0.1) is 5.92 Å². The molecule has 0 spiro atoms. The second-order valence-corrected chi connectivity index (χ2v) is 5.34. The highest BCUT2D eigenvalue weighted by Crippen LogP contribution is 2.29. The molecule has 0 amide bonds. The van der Waals surface area contributed by atoms with Crippen molar-refractivity contribution in [2.24, 2.45) is 5.92 Å². The number of hydrogen-bond acceptors (Lipinski definition) is 3. The van der Waals surface area contributed by atoms with Crippen molar-refractivity contribution in [3.63, 3.8) is 0 Å². The van der Waals surface area contributed by atoms with Crippen LogP contribution in [0.1, 0.15) is 24.3 Å². The van der Waals surface area contributed by atoms with Gasteiger partial charge >= 0.3 is 5.97 Å². The van der Waals surface area contributed by atoms with Gasteiger partial charge in [0.2, 0.25) is 0 Å². The lowest BCUT2D eigenvalue weighted by Gasteiger charge is -2.16. The van der Waals surface area contributed by atoms with E-state index < -0.39 is 5.97 Å². The number of carboxylic acids is 1. The molecule has 1 rings (SSSR count). The molecule has 2 N–H and O–H groups in total. The number of rotatable bonds is 5. The third-order valence-corrected chi connectivity index (χ3v) is 4.10. The molecule has 0 aliphatic heterocycles. The minimum atomic E-state index is -0.745. The molecule has 84 valence electrons. The third kappa shape index (κ3) is 3.59. The zero-order chi connectivity index (χ0) is 11.4. The van der Waals surface area contributed by atoms with E-state index >= 15 is 0 Å². The van der Waals surface area contributed by atoms with Crippen LogP contribution in [0, 0.1) is 5.92 Å². The van der Waals surface area contributed by atoms with Crippen LogP contribution in [0.25, 0.3) is 0 Å². The van der Waals surface area contributed by atoms with E-state index in [4.69, 9.17) is 5.11 Å². The van der Waals surface area contributed by atoms with Crippen LogP contribution in [0.3, 0.4) is 0 Å². The first-order valence-corrected chi connectivity index (χ1v) is 6.36. The van der Waals surface area contributed by atoms with Crippen LogP contribution in [0.2, 0.25) is 0 Å². The maximum atomic E-state index is 10.8. The largest absolute Gasteiger partial charge is 0.481 e. The van der Waals surface area contributed by atoms with Crippen LogP contribution in [0.15, 0.2) is 15.9 Å². The van der Waals surface area contributed by atoms with Gasteiger partial charge in [0.1, 0.15) is 0 Å². The predicted octanol–water partition coefficient (Wildman–Crippen LogP) is 2.88. The summed E-state index contributed by atoms with van der Waals surface area (Å²) in [7, 11) is 1.85. The van der Waals surface area contributed by atoms with E-state index in [9.17, 15) is 4.79 Å². The summed E-state index contributed by atoms with van der Waals surface area (Å²) in [6.07, 6.45) is 0.610. The molecule has 2 atom stereocenters. The summed E-state index contributed by atoms with van der Waals surface area (Å²) in [5, 5.41) is 14.0. The molecule has 0 bridgehead atoms. The Morgan fingerprint density at radius 2 is 2.40 bits per heavy atom. The van der Waals surface area contributed by atoms with Gasteiger partial charge in [0.15, 0.2) is 0 Å². The highest BCUT2D eigenvalue weighted by atomic mass is 79.9. The lowest BCUT2D eigenvalue weighted by Crippen LogP contribution is -2.21. The Hall–Kier alpha value is -0.390. The van der Waals surface area contributed by atoms with Crippen molar-refractivity contribution in [2.45, 2.75) is 19.4 Å². The van der Waals surface area contributed by atoms with Crippen LogP contribution in [0.4, 0.5) is 0 Å². The summed E-state index contributed by atoms with van der Waals surface area (Å²) < 4.78 is 1.05. The number of aliphatic carboxylic acids is 1. The van der Waals surface area contributed by atoms with Gasteiger partial charge < -0.3 is 10.4 Å². The molecule has 1 heterocycles. The third-order valence-electron chi connectivity index (χ3n) is 2.29. The molecule has 0 aliphatic carbocycles. The summed E-state index contributed by atoms with van der Waals surface area (Å²) in [5.74, 6) is -1.07. The zero-order valence-corrected chi connectivity index (χ0v) is 11.1. The van der Waals surface area contributed by atoms with E-state index in [1.165, 1.54) is 0 Å². The highest BCUT2D eigenvalue weighted by molar-refractivity contribution is 9.10. The number of thiophene rings is 1. The SMILES string of the molecule is CNC(CC(C)C(=O)O)c1cc(Br)cs1. The van der Waals surface area contributed by atoms with Crippen molar-refractivity contribution in [1.82, 2.24) is 5.32 Å². The first-order chi connectivity index (χ1) is 7.04. The van der Waals surface area contributed by atoms with Gasteiger partial charge in [-0.05, 0) is 35.5 Å². The monoisotopic (exact) mass is 291 g/mol. The molecule has 3 nitrogen and oxygen atoms in total. The van der Waals surface area contributed by atoms with Crippen LogP contribution >= 0.6 is 27.3 Å². The lowest BCUT2D eigenvalue weighted by atomic mass is 10.0. The Morgan fingerprint density at radius 3 is 2.80 bits per heavy atom. The Bertz CT molecular complexity index is 340. The standard InChI is InChI=1S/C10H14BrNO2S/c1-6(10(13)14)3-8(12-2)9-4-7(11)5-15-9/h4-6,8,12H,3H2,1-2H3,(H,13,14). The number of carbonyl (C=O) groups is 1. The second-order valence-electron chi connectivity index (χ2n) is 3.48. The van der Waals surface area contributed by atoms with Crippen molar-refractivity contribution in [2.75, 3.05) is 7.05 Å². The molecule has 0 saturated heterocycles. The van der Waals surface area contributed by atoms with Crippen LogP contribution in [-0.4, -0.2) is 18.1 Å². The predicted molar refractivity (Wildman–Crippen MR) is 65.2 cm³/mol. The Morgan fingerprint density at radius 1 is 1.73 bits per heavy atom. The molecule has 1 aromatic heterocycles. The van der Waals surface area contributed by atoms with Crippen LogP contribution < -0.4 is 5.32 Å². The van der Waals surface area contributed by atoms with Crippen molar-refractivity contribution in [3.05, 3.63) is 20.8 Å². The first kappa shape index (κ1) is 12.7. The molecule has 15 heavy (non-hydrogen) atoms. The quantitative estimate of drug-likeness (QED) is 0.877. The Kier molecular flexibility index (Phi) is 4.76. The molecular formula is C10H14BrNO2S. The average Bonchev–Trinajstić information content (AvgIpc) is 2.60. The van der Waals surface area contributed by atoms with Crippen LogP contribution in [0.5, 0.6) is 0 Å². The normalized spacial score (nSPS) is 14.9. The molecular weight excluding hydrogens is 278 g/mol. The smallest absolute Gasteiger partial charge is 0.306 e. The molecule has 0 aliphatic rings. The fourth-order valence-corrected chi connectivity index (χ4v) is 2.91. The van der Waals surface area contributed by atoms with Gasteiger partial charge in [-0.1, -0.05) is 6.92 Å². The fraction of sp³-hybridized carbons (Fsp3) is 0.500. The average molecular weight is 292 g/mol. The van der Waals surface area contributed by atoms with Gasteiger partial charge in [-0.25, -0.2) is 0 Å². The minimum absolute atomic E-state index is 0.118. The number of nitrogens with one attached hydrogen (secondary N) is 1. The fourth-order valence-electron chi connectivity index (χ4n) is 1.34. The molecule has 2 unspecified atom stereocenters. The van der Waals surface area contributed by atoms with Gasteiger partial charge in [-0.3, -0.25) is 4.79 Å². The van der Waals surface area contributed by atoms with E-state index in [-0.39, 0.29) is 12.0 Å². The van der Waals surface area contributed by atoms with Gasteiger partial charge in [0, 0.05) is 20.8 Å². The van der Waals surface area contributed by atoms with E-state index in [0.717, 1.165) is 9.35 Å². The maximum Gasteiger partial charge on any atom is 0.306 e. The molecule has 0 aromatic carbocycles. The lowest BCUT2D eigenvalue weighted by molar-refractivity contribution is -0.141.